The summed E-state index contributed by atoms with van der Waals surface area (Å²) < 4.78 is 0.914. The second kappa shape index (κ2) is 6.45. The molecule has 0 bridgehead atoms. The molecule has 0 atom stereocenters. The fraction of sp³-hybridized carbons (Fsp3) is 0.133. The quantitative estimate of drug-likeness (QED) is 0.595. The van der Waals surface area contributed by atoms with E-state index in [1.807, 2.05) is 25.1 Å². The van der Waals surface area contributed by atoms with Gasteiger partial charge in [0.1, 0.15) is 0 Å². The van der Waals surface area contributed by atoms with Gasteiger partial charge < -0.3 is 11.1 Å². The molecule has 0 fully saturated rings. The van der Waals surface area contributed by atoms with E-state index in [9.17, 15) is 4.79 Å². The molecule has 5 heteroatoms. The molecule has 1 amide bonds. The van der Waals surface area contributed by atoms with E-state index in [0.717, 1.165) is 15.6 Å². The van der Waals surface area contributed by atoms with Crippen LogP contribution in [-0.4, -0.2) is 5.91 Å². The lowest BCUT2D eigenvalue weighted by Gasteiger charge is -2.09. The summed E-state index contributed by atoms with van der Waals surface area (Å²) in [6.07, 6.45) is 0.868. The zero-order valence-corrected chi connectivity index (χ0v) is 13.8. The van der Waals surface area contributed by atoms with Crippen molar-refractivity contribution in [2.75, 3.05) is 11.1 Å². The Morgan fingerprint density at radius 2 is 2.05 bits per heavy atom. The van der Waals surface area contributed by atoms with Crippen LogP contribution in [0, 0.1) is 3.57 Å². The van der Waals surface area contributed by atoms with Gasteiger partial charge in [-0.05, 0) is 64.9 Å². The lowest BCUT2D eigenvalue weighted by Crippen LogP contribution is -2.12. The first-order valence-corrected chi connectivity index (χ1v) is 7.61. The van der Waals surface area contributed by atoms with Crippen molar-refractivity contribution in [1.29, 1.82) is 0 Å². The SMILES string of the molecule is CCc1ccc(NC(=O)c2ccc(I)c(Cl)c2)cc1N. The molecular weight excluding hydrogens is 387 g/mol. The Hall–Kier alpha value is -1.27. The fourth-order valence-electron chi connectivity index (χ4n) is 1.84. The predicted molar refractivity (Wildman–Crippen MR) is 92.4 cm³/mol. The molecule has 0 unspecified atom stereocenters. The molecule has 104 valence electrons. The summed E-state index contributed by atoms with van der Waals surface area (Å²) in [5.74, 6) is -0.202. The molecule has 2 rings (SSSR count). The maximum absolute atomic E-state index is 12.1. The highest BCUT2D eigenvalue weighted by atomic mass is 127. The standard InChI is InChI=1S/C15H14ClIN2O/c1-2-9-3-5-11(8-14(9)18)19-15(20)10-4-6-13(17)12(16)7-10/h3-8H,2,18H2,1H3,(H,19,20). The summed E-state index contributed by atoms with van der Waals surface area (Å²) in [6, 6.07) is 10.7. The number of benzene rings is 2. The number of aryl methyl sites for hydroxylation is 1. The maximum Gasteiger partial charge on any atom is 0.255 e. The minimum Gasteiger partial charge on any atom is -0.398 e. The molecule has 0 aromatic heterocycles. The van der Waals surface area contributed by atoms with Crippen molar-refractivity contribution in [1.82, 2.24) is 0 Å². The topological polar surface area (TPSA) is 55.1 Å². The van der Waals surface area contributed by atoms with E-state index < -0.39 is 0 Å². The van der Waals surface area contributed by atoms with Gasteiger partial charge in [0.05, 0.1) is 5.02 Å². The average molecular weight is 401 g/mol. The normalized spacial score (nSPS) is 10.3. The largest absolute Gasteiger partial charge is 0.398 e. The number of hydrogen-bond donors (Lipinski definition) is 2. The number of amides is 1. The van der Waals surface area contributed by atoms with E-state index in [1.54, 1.807) is 18.2 Å². The maximum atomic E-state index is 12.1. The minimum atomic E-state index is -0.202. The molecule has 0 aliphatic carbocycles. The Morgan fingerprint density at radius 3 is 2.65 bits per heavy atom. The van der Waals surface area contributed by atoms with Crippen LogP contribution >= 0.6 is 34.2 Å². The number of halogens is 2. The van der Waals surface area contributed by atoms with E-state index >= 15 is 0 Å². The number of carbonyl (C=O) groups is 1. The van der Waals surface area contributed by atoms with Crippen LogP contribution in [-0.2, 0) is 6.42 Å². The Kier molecular flexibility index (Phi) is 4.88. The second-order valence-electron chi connectivity index (χ2n) is 4.35. The van der Waals surface area contributed by atoms with E-state index in [0.29, 0.717) is 22.0 Å². The van der Waals surface area contributed by atoms with Crippen molar-refractivity contribution in [3.63, 3.8) is 0 Å². The molecule has 20 heavy (non-hydrogen) atoms. The van der Waals surface area contributed by atoms with Crippen LogP contribution in [0.1, 0.15) is 22.8 Å². The molecule has 0 aliphatic rings. The molecule has 0 heterocycles. The lowest BCUT2D eigenvalue weighted by atomic mass is 10.1. The van der Waals surface area contributed by atoms with Crippen LogP contribution in [0.2, 0.25) is 5.02 Å². The van der Waals surface area contributed by atoms with Gasteiger partial charge in [0.15, 0.2) is 0 Å². The fourth-order valence-corrected chi connectivity index (χ4v) is 2.35. The van der Waals surface area contributed by atoms with Crippen LogP contribution in [0.5, 0.6) is 0 Å². The summed E-state index contributed by atoms with van der Waals surface area (Å²) in [5, 5.41) is 3.39. The summed E-state index contributed by atoms with van der Waals surface area (Å²) in [4.78, 5) is 12.1. The van der Waals surface area contributed by atoms with E-state index in [1.165, 1.54) is 0 Å². The number of carbonyl (C=O) groups excluding carboxylic acids is 1. The van der Waals surface area contributed by atoms with Gasteiger partial charge in [0.25, 0.3) is 5.91 Å². The van der Waals surface area contributed by atoms with Crippen LogP contribution in [0.3, 0.4) is 0 Å². The van der Waals surface area contributed by atoms with Crippen molar-refractivity contribution in [3.05, 3.63) is 56.1 Å². The molecule has 2 aromatic carbocycles. The molecule has 0 aliphatic heterocycles. The van der Waals surface area contributed by atoms with Crippen LogP contribution in [0.25, 0.3) is 0 Å². The van der Waals surface area contributed by atoms with Crippen LogP contribution in [0.4, 0.5) is 11.4 Å². The van der Waals surface area contributed by atoms with Crippen LogP contribution in [0.15, 0.2) is 36.4 Å². The third kappa shape index (κ3) is 3.43. The third-order valence-corrected chi connectivity index (χ3v) is 4.54. The Balaban J connectivity index is 2.19. The summed E-state index contributed by atoms with van der Waals surface area (Å²) >= 11 is 8.14. The first-order chi connectivity index (χ1) is 9.51. The van der Waals surface area contributed by atoms with E-state index in [-0.39, 0.29) is 5.91 Å². The highest BCUT2D eigenvalue weighted by Gasteiger charge is 2.09. The van der Waals surface area contributed by atoms with E-state index in [4.69, 9.17) is 17.3 Å². The minimum absolute atomic E-state index is 0.202. The Morgan fingerprint density at radius 1 is 1.30 bits per heavy atom. The molecule has 3 nitrogen and oxygen atoms in total. The molecule has 0 radical (unpaired) electrons. The summed E-state index contributed by atoms with van der Waals surface area (Å²) in [6.45, 7) is 2.04. The zero-order valence-electron chi connectivity index (χ0n) is 10.9. The highest BCUT2D eigenvalue weighted by molar-refractivity contribution is 14.1. The lowest BCUT2D eigenvalue weighted by molar-refractivity contribution is 0.102. The first-order valence-electron chi connectivity index (χ1n) is 6.16. The van der Waals surface area contributed by atoms with Gasteiger partial charge >= 0.3 is 0 Å². The molecular formula is C15H14ClIN2O. The van der Waals surface area contributed by atoms with Gasteiger partial charge in [-0.15, -0.1) is 0 Å². The van der Waals surface area contributed by atoms with Gasteiger partial charge in [-0.3, -0.25) is 4.79 Å². The van der Waals surface area contributed by atoms with Crippen molar-refractivity contribution in [2.24, 2.45) is 0 Å². The summed E-state index contributed by atoms with van der Waals surface area (Å²) in [7, 11) is 0. The van der Waals surface area contributed by atoms with Crippen molar-refractivity contribution >= 4 is 51.5 Å². The van der Waals surface area contributed by atoms with Crippen molar-refractivity contribution in [3.8, 4) is 0 Å². The number of nitrogen functional groups attached to an aromatic ring is 1. The highest BCUT2D eigenvalue weighted by Crippen LogP contribution is 2.22. The van der Waals surface area contributed by atoms with Gasteiger partial charge in [0.2, 0.25) is 0 Å². The predicted octanol–water partition coefficient (Wildman–Crippen LogP) is 4.34. The smallest absolute Gasteiger partial charge is 0.255 e. The Labute approximate surface area is 136 Å². The number of rotatable bonds is 3. The average Bonchev–Trinajstić information content (AvgIpc) is 2.42. The molecule has 0 saturated carbocycles. The monoisotopic (exact) mass is 400 g/mol. The summed E-state index contributed by atoms with van der Waals surface area (Å²) in [5.41, 5.74) is 8.87. The first kappa shape index (κ1) is 15.1. The third-order valence-electron chi connectivity index (χ3n) is 2.97. The van der Waals surface area contributed by atoms with Crippen molar-refractivity contribution < 1.29 is 4.79 Å². The van der Waals surface area contributed by atoms with Gasteiger partial charge in [0, 0.05) is 20.5 Å². The second-order valence-corrected chi connectivity index (χ2v) is 5.92. The van der Waals surface area contributed by atoms with Crippen molar-refractivity contribution in [2.45, 2.75) is 13.3 Å². The van der Waals surface area contributed by atoms with Gasteiger partial charge in [-0.2, -0.15) is 0 Å². The number of anilines is 2. The van der Waals surface area contributed by atoms with Crippen LogP contribution < -0.4 is 11.1 Å². The Bertz CT molecular complexity index is 658. The number of hydrogen-bond acceptors (Lipinski definition) is 2. The molecule has 0 saturated heterocycles. The zero-order chi connectivity index (χ0) is 14.7. The van der Waals surface area contributed by atoms with Gasteiger partial charge in [-0.25, -0.2) is 0 Å². The molecule has 2 aromatic rings. The van der Waals surface area contributed by atoms with Gasteiger partial charge in [-0.1, -0.05) is 24.6 Å². The number of nitrogens with one attached hydrogen (secondary N) is 1. The molecule has 3 N–H and O–H groups in total. The number of nitrogens with two attached hydrogens (primary N) is 1. The van der Waals surface area contributed by atoms with E-state index in [2.05, 4.69) is 27.9 Å². The molecule has 0 spiro atoms.